The molecule has 2 rings (SSSR count). The third-order valence-corrected chi connectivity index (χ3v) is 5.91. The maximum absolute atomic E-state index is 12.4. The molecule has 24 heavy (non-hydrogen) atoms. The van der Waals surface area contributed by atoms with Crippen LogP contribution in [0.2, 0.25) is 0 Å². The van der Waals surface area contributed by atoms with Gasteiger partial charge in [-0.15, -0.1) is 0 Å². The zero-order chi connectivity index (χ0) is 17.7. The van der Waals surface area contributed by atoms with Gasteiger partial charge in [0.2, 0.25) is 15.9 Å². The van der Waals surface area contributed by atoms with Gasteiger partial charge in [-0.2, -0.15) is 0 Å². The van der Waals surface area contributed by atoms with Gasteiger partial charge in [0, 0.05) is 18.8 Å². The molecule has 0 radical (unpaired) electrons. The zero-order valence-corrected chi connectivity index (χ0v) is 14.6. The monoisotopic (exact) mass is 354 g/mol. The number of nitrogens with zero attached hydrogens (tertiary/aromatic N) is 1. The van der Waals surface area contributed by atoms with Crippen LogP contribution >= 0.6 is 0 Å². The van der Waals surface area contributed by atoms with Crippen molar-refractivity contribution in [1.82, 2.24) is 4.31 Å². The first-order chi connectivity index (χ1) is 11.4. The Labute approximate surface area is 142 Å². The lowest BCUT2D eigenvalue weighted by Gasteiger charge is -2.30. The Balaban J connectivity index is 2.06. The van der Waals surface area contributed by atoms with Gasteiger partial charge < -0.3 is 10.1 Å². The Hall–Kier alpha value is -1.93. The predicted molar refractivity (Wildman–Crippen MR) is 90.2 cm³/mol. The van der Waals surface area contributed by atoms with Crippen molar-refractivity contribution in [2.24, 2.45) is 5.92 Å². The van der Waals surface area contributed by atoms with Crippen molar-refractivity contribution in [3.8, 4) is 0 Å². The number of hydrogen-bond donors (Lipinski definition) is 1. The zero-order valence-electron chi connectivity index (χ0n) is 13.8. The van der Waals surface area contributed by atoms with E-state index >= 15 is 0 Å². The smallest absolute Gasteiger partial charge is 0.337 e. The number of amides is 1. The summed E-state index contributed by atoms with van der Waals surface area (Å²) in [5.41, 5.74) is 0.826. The molecule has 1 aromatic rings. The molecule has 0 aromatic heterocycles. The lowest BCUT2D eigenvalue weighted by molar-refractivity contribution is -0.120. The third kappa shape index (κ3) is 4.33. The maximum atomic E-state index is 12.4. The molecular weight excluding hydrogens is 332 g/mol. The molecule has 1 fully saturated rings. The maximum Gasteiger partial charge on any atom is 0.337 e. The number of benzene rings is 1. The molecule has 132 valence electrons. The molecule has 1 saturated heterocycles. The van der Waals surface area contributed by atoms with Gasteiger partial charge in [0.15, 0.2) is 0 Å². The van der Waals surface area contributed by atoms with Crippen LogP contribution in [0, 0.1) is 5.92 Å². The van der Waals surface area contributed by atoms with Crippen LogP contribution in [0.25, 0.3) is 0 Å². The lowest BCUT2D eigenvalue weighted by Crippen LogP contribution is -2.44. The molecule has 1 aliphatic rings. The third-order valence-electron chi connectivity index (χ3n) is 4.06. The standard InChI is InChI=1S/C16H22N2O5S/c1-3-24(21,22)18-9-5-7-13(11-18)15(19)17-14-8-4-6-12(10-14)16(20)23-2/h4,6,8,10,13H,3,5,7,9,11H2,1-2H3,(H,17,19). The summed E-state index contributed by atoms with van der Waals surface area (Å²) in [5, 5.41) is 2.75. The van der Waals surface area contributed by atoms with E-state index < -0.39 is 21.9 Å². The number of carbonyl (C=O) groups excluding carboxylic acids is 2. The number of carbonyl (C=O) groups is 2. The number of sulfonamides is 1. The Morgan fingerprint density at radius 3 is 2.79 bits per heavy atom. The average molecular weight is 354 g/mol. The molecule has 1 unspecified atom stereocenters. The highest BCUT2D eigenvalue weighted by molar-refractivity contribution is 7.89. The van der Waals surface area contributed by atoms with E-state index in [1.54, 1.807) is 25.1 Å². The number of piperidine rings is 1. The Morgan fingerprint density at radius 1 is 1.38 bits per heavy atom. The van der Waals surface area contributed by atoms with Gasteiger partial charge in [-0.05, 0) is 38.0 Å². The minimum Gasteiger partial charge on any atom is -0.465 e. The number of methoxy groups -OCH3 is 1. The molecule has 1 heterocycles. The quantitative estimate of drug-likeness (QED) is 0.809. The molecule has 0 saturated carbocycles. The molecule has 1 amide bonds. The van der Waals surface area contributed by atoms with E-state index in [2.05, 4.69) is 10.1 Å². The van der Waals surface area contributed by atoms with E-state index in [0.717, 1.165) is 0 Å². The van der Waals surface area contributed by atoms with Gasteiger partial charge in [-0.25, -0.2) is 17.5 Å². The normalized spacial score (nSPS) is 18.8. The highest BCUT2D eigenvalue weighted by Gasteiger charge is 2.31. The number of rotatable bonds is 5. The summed E-state index contributed by atoms with van der Waals surface area (Å²) in [6.45, 7) is 2.24. The summed E-state index contributed by atoms with van der Waals surface area (Å²) in [5.74, 6) is -1.10. The van der Waals surface area contributed by atoms with E-state index in [4.69, 9.17) is 0 Å². The van der Waals surface area contributed by atoms with Crippen molar-refractivity contribution in [1.29, 1.82) is 0 Å². The van der Waals surface area contributed by atoms with E-state index in [1.807, 2.05) is 0 Å². The van der Waals surface area contributed by atoms with Crippen LogP contribution in [0.4, 0.5) is 5.69 Å². The summed E-state index contributed by atoms with van der Waals surface area (Å²) in [6.07, 6.45) is 1.29. The minimum atomic E-state index is -3.29. The van der Waals surface area contributed by atoms with Gasteiger partial charge in [0.1, 0.15) is 0 Å². The molecule has 0 spiro atoms. The van der Waals surface area contributed by atoms with Gasteiger partial charge in [-0.3, -0.25) is 4.79 Å². The molecule has 1 N–H and O–H groups in total. The molecule has 7 nitrogen and oxygen atoms in total. The minimum absolute atomic E-state index is 0.0303. The summed E-state index contributed by atoms with van der Waals surface area (Å²) in [6, 6.07) is 6.45. The number of esters is 1. The number of hydrogen-bond acceptors (Lipinski definition) is 5. The predicted octanol–water partition coefficient (Wildman–Crippen LogP) is 1.47. The molecule has 0 bridgehead atoms. The van der Waals surface area contributed by atoms with Crippen molar-refractivity contribution in [2.75, 3.05) is 31.3 Å². The van der Waals surface area contributed by atoms with Crippen molar-refractivity contribution < 1.29 is 22.7 Å². The summed E-state index contributed by atoms with van der Waals surface area (Å²) in [4.78, 5) is 24.0. The summed E-state index contributed by atoms with van der Waals surface area (Å²) >= 11 is 0. The SMILES string of the molecule is CCS(=O)(=O)N1CCCC(C(=O)Nc2cccc(C(=O)OC)c2)C1. The number of ether oxygens (including phenoxy) is 1. The Morgan fingerprint density at radius 2 is 2.12 bits per heavy atom. The van der Waals surface area contributed by atoms with E-state index in [0.29, 0.717) is 30.6 Å². The molecule has 1 atom stereocenters. The highest BCUT2D eigenvalue weighted by atomic mass is 32.2. The highest BCUT2D eigenvalue weighted by Crippen LogP contribution is 2.21. The second-order valence-electron chi connectivity index (χ2n) is 5.66. The Kier molecular flexibility index (Phi) is 5.95. The van der Waals surface area contributed by atoms with Crippen LogP contribution < -0.4 is 5.32 Å². The molecular formula is C16H22N2O5S. The van der Waals surface area contributed by atoms with E-state index in [1.165, 1.54) is 17.5 Å². The molecule has 1 aliphatic heterocycles. The number of anilines is 1. The molecule has 1 aromatic carbocycles. The van der Waals surface area contributed by atoms with Gasteiger partial charge >= 0.3 is 5.97 Å². The van der Waals surface area contributed by atoms with Crippen molar-refractivity contribution in [3.05, 3.63) is 29.8 Å². The van der Waals surface area contributed by atoms with Crippen molar-refractivity contribution >= 4 is 27.6 Å². The van der Waals surface area contributed by atoms with Crippen LogP contribution in [0.5, 0.6) is 0 Å². The fourth-order valence-corrected chi connectivity index (χ4v) is 3.86. The Bertz CT molecular complexity index is 717. The fraction of sp³-hybridized carbons (Fsp3) is 0.500. The molecule has 8 heteroatoms. The number of nitrogens with one attached hydrogen (secondary N) is 1. The first kappa shape index (κ1) is 18.4. The summed E-state index contributed by atoms with van der Waals surface area (Å²) in [7, 11) is -2.00. The van der Waals surface area contributed by atoms with E-state index in [9.17, 15) is 18.0 Å². The average Bonchev–Trinajstić information content (AvgIpc) is 2.61. The fourth-order valence-electron chi connectivity index (χ4n) is 2.68. The van der Waals surface area contributed by atoms with Crippen LogP contribution in [-0.2, 0) is 19.6 Å². The lowest BCUT2D eigenvalue weighted by atomic mass is 9.98. The van der Waals surface area contributed by atoms with Crippen LogP contribution in [-0.4, -0.2) is 50.6 Å². The largest absolute Gasteiger partial charge is 0.465 e. The van der Waals surface area contributed by atoms with E-state index in [-0.39, 0.29) is 18.2 Å². The molecule has 0 aliphatic carbocycles. The first-order valence-corrected chi connectivity index (χ1v) is 9.45. The van der Waals surface area contributed by atoms with Crippen LogP contribution in [0.1, 0.15) is 30.1 Å². The topological polar surface area (TPSA) is 92.8 Å². The van der Waals surface area contributed by atoms with Crippen LogP contribution in [0.15, 0.2) is 24.3 Å². The summed E-state index contributed by atoms with van der Waals surface area (Å²) < 4.78 is 30.0. The van der Waals surface area contributed by atoms with Crippen LogP contribution in [0.3, 0.4) is 0 Å². The van der Waals surface area contributed by atoms with Gasteiger partial charge in [0.25, 0.3) is 0 Å². The van der Waals surface area contributed by atoms with Gasteiger partial charge in [0.05, 0.1) is 24.3 Å². The first-order valence-electron chi connectivity index (χ1n) is 7.84. The second kappa shape index (κ2) is 7.76. The van der Waals surface area contributed by atoms with Gasteiger partial charge in [-0.1, -0.05) is 6.07 Å². The van der Waals surface area contributed by atoms with Crippen molar-refractivity contribution in [3.63, 3.8) is 0 Å². The second-order valence-corrected chi connectivity index (χ2v) is 7.92. The van der Waals surface area contributed by atoms with Crippen molar-refractivity contribution in [2.45, 2.75) is 19.8 Å².